The predicted molar refractivity (Wildman–Crippen MR) is 68.4 cm³/mol. The monoisotopic (exact) mass is 298 g/mol. The van der Waals surface area contributed by atoms with Crippen LogP contribution >= 0.6 is 27.3 Å². The zero-order chi connectivity index (χ0) is 11.7. The molecule has 0 radical (unpaired) electrons. The maximum atomic E-state index is 9.49. The van der Waals surface area contributed by atoms with Gasteiger partial charge in [0.1, 0.15) is 0 Å². The lowest BCUT2D eigenvalue weighted by Crippen LogP contribution is -2.00. The summed E-state index contributed by atoms with van der Waals surface area (Å²) in [4.78, 5) is 9.68. The Kier molecular flexibility index (Phi) is 3.37. The fourth-order valence-electron chi connectivity index (χ4n) is 1.44. The summed E-state index contributed by atoms with van der Waals surface area (Å²) in [5, 5.41) is 11.5. The second kappa shape index (κ2) is 4.61. The largest absolute Gasteiger partial charge is 0.389 e. The topological polar surface area (TPSA) is 46.0 Å². The number of aliphatic hydroxyl groups is 1. The highest BCUT2D eigenvalue weighted by molar-refractivity contribution is 9.10. The lowest BCUT2D eigenvalue weighted by Gasteiger charge is -2.07. The molecule has 2 heterocycles. The first-order valence-electron chi connectivity index (χ1n) is 4.84. The minimum Gasteiger partial charge on any atom is -0.389 e. The van der Waals surface area contributed by atoms with E-state index in [1.165, 1.54) is 0 Å². The SMILES string of the molecule is Cc1nc(-c2cc(Br)cs2)ncc1C(C)O. The zero-order valence-corrected chi connectivity index (χ0v) is 11.3. The van der Waals surface area contributed by atoms with Crippen LogP contribution in [0.3, 0.4) is 0 Å². The highest BCUT2D eigenvalue weighted by atomic mass is 79.9. The third-order valence-electron chi connectivity index (χ3n) is 2.26. The molecule has 2 aromatic rings. The normalized spacial score (nSPS) is 12.8. The number of nitrogens with zero attached hydrogens (tertiary/aromatic N) is 2. The number of aryl methyl sites for hydroxylation is 1. The smallest absolute Gasteiger partial charge is 0.169 e. The summed E-state index contributed by atoms with van der Waals surface area (Å²) in [5.41, 5.74) is 1.60. The van der Waals surface area contributed by atoms with Crippen LogP contribution in [0.15, 0.2) is 22.1 Å². The van der Waals surface area contributed by atoms with Gasteiger partial charge in [0.05, 0.1) is 11.0 Å². The van der Waals surface area contributed by atoms with Gasteiger partial charge in [-0.05, 0) is 35.8 Å². The van der Waals surface area contributed by atoms with Gasteiger partial charge in [-0.2, -0.15) is 0 Å². The van der Waals surface area contributed by atoms with Crippen molar-refractivity contribution in [3.8, 4) is 10.7 Å². The second-order valence-corrected chi connectivity index (χ2v) is 5.37. The van der Waals surface area contributed by atoms with Crippen LogP contribution in [0.1, 0.15) is 24.3 Å². The van der Waals surface area contributed by atoms with Crippen molar-refractivity contribution in [1.82, 2.24) is 9.97 Å². The molecule has 0 amide bonds. The standard InChI is InChI=1S/C11H11BrN2OS/c1-6-9(7(2)15)4-13-11(14-6)10-3-8(12)5-16-10/h3-5,7,15H,1-2H3. The van der Waals surface area contributed by atoms with Crippen molar-refractivity contribution in [2.75, 3.05) is 0 Å². The van der Waals surface area contributed by atoms with Gasteiger partial charge in [-0.3, -0.25) is 0 Å². The molecule has 0 aliphatic rings. The molecule has 0 saturated carbocycles. The van der Waals surface area contributed by atoms with E-state index in [1.807, 2.05) is 18.4 Å². The van der Waals surface area contributed by atoms with E-state index in [4.69, 9.17) is 0 Å². The molecule has 16 heavy (non-hydrogen) atoms. The lowest BCUT2D eigenvalue weighted by molar-refractivity contribution is 0.197. The molecule has 0 saturated heterocycles. The molecule has 0 aromatic carbocycles. The van der Waals surface area contributed by atoms with Crippen LogP contribution < -0.4 is 0 Å². The number of thiophene rings is 1. The number of halogens is 1. The number of aromatic nitrogens is 2. The van der Waals surface area contributed by atoms with Gasteiger partial charge < -0.3 is 5.11 Å². The summed E-state index contributed by atoms with van der Waals surface area (Å²) in [6.45, 7) is 3.60. The molecule has 84 valence electrons. The van der Waals surface area contributed by atoms with Crippen molar-refractivity contribution in [1.29, 1.82) is 0 Å². The van der Waals surface area contributed by atoms with E-state index >= 15 is 0 Å². The predicted octanol–water partition coefficient (Wildman–Crippen LogP) is 3.33. The highest BCUT2D eigenvalue weighted by Crippen LogP contribution is 2.28. The lowest BCUT2D eigenvalue weighted by atomic mass is 10.1. The van der Waals surface area contributed by atoms with Gasteiger partial charge in [-0.15, -0.1) is 11.3 Å². The minimum atomic E-state index is -0.524. The van der Waals surface area contributed by atoms with E-state index in [0.29, 0.717) is 5.82 Å². The van der Waals surface area contributed by atoms with Gasteiger partial charge in [0, 0.05) is 27.3 Å². The van der Waals surface area contributed by atoms with Gasteiger partial charge >= 0.3 is 0 Å². The first-order valence-corrected chi connectivity index (χ1v) is 6.51. The van der Waals surface area contributed by atoms with Crippen LogP contribution in [0.2, 0.25) is 0 Å². The molecular formula is C11H11BrN2OS. The molecule has 0 aliphatic heterocycles. The van der Waals surface area contributed by atoms with Crippen LogP contribution in [-0.2, 0) is 0 Å². The Balaban J connectivity index is 2.42. The Morgan fingerprint density at radius 2 is 2.25 bits per heavy atom. The summed E-state index contributed by atoms with van der Waals surface area (Å²) in [5.74, 6) is 0.706. The first kappa shape index (κ1) is 11.7. The fourth-order valence-corrected chi connectivity index (χ4v) is 2.80. The van der Waals surface area contributed by atoms with Crippen LogP contribution in [-0.4, -0.2) is 15.1 Å². The summed E-state index contributed by atoms with van der Waals surface area (Å²) >= 11 is 4.99. The fraction of sp³-hybridized carbons (Fsp3) is 0.273. The van der Waals surface area contributed by atoms with Crippen molar-refractivity contribution in [2.24, 2.45) is 0 Å². The third-order valence-corrected chi connectivity index (χ3v) is 3.94. The molecule has 0 bridgehead atoms. The summed E-state index contributed by atoms with van der Waals surface area (Å²) in [6, 6.07) is 1.99. The molecule has 3 nitrogen and oxygen atoms in total. The Bertz CT molecular complexity index is 510. The Morgan fingerprint density at radius 1 is 1.50 bits per heavy atom. The van der Waals surface area contributed by atoms with Crippen LogP contribution in [0.5, 0.6) is 0 Å². The first-order chi connectivity index (χ1) is 7.58. The maximum absolute atomic E-state index is 9.49. The van der Waals surface area contributed by atoms with Crippen molar-refractivity contribution < 1.29 is 5.11 Å². The van der Waals surface area contributed by atoms with Crippen molar-refractivity contribution in [3.63, 3.8) is 0 Å². The van der Waals surface area contributed by atoms with Gasteiger partial charge in [-0.1, -0.05) is 0 Å². The molecule has 1 atom stereocenters. The molecule has 1 unspecified atom stereocenters. The number of aliphatic hydroxyl groups excluding tert-OH is 1. The van der Waals surface area contributed by atoms with Gasteiger partial charge in [0.15, 0.2) is 5.82 Å². The number of rotatable bonds is 2. The summed E-state index contributed by atoms with van der Waals surface area (Å²) in [6.07, 6.45) is 1.17. The third kappa shape index (κ3) is 2.31. The van der Waals surface area contributed by atoms with E-state index in [9.17, 15) is 5.11 Å². The van der Waals surface area contributed by atoms with E-state index in [-0.39, 0.29) is 0 Å². The van der Waals surface area contributed by atoms with E-state index in [1.54, 1.807) is 24.5 Å². The number of hydrogen-bond donors (Lipinski definition) is 1. The van der Waals surface area contributed by atoms with Gasteiger partial charge in [0.2, 0.25) is 0 Å². The van der Waals surface area contributed by atoms with E-state index in [0.717, 1.165) is 20.6 Å². The molecule has 0 aliphatic carbocycles. The summed E-state index contributed by atoms with van der Waals surface area (Å²) in [7, 11) is 0. The Morgan fingerprint density at radius 3 is 2.75 bits per heavy atom. The van der Waals surface area contributed by atoms with E-state index < -0.39 is 6.10 Å². The molecule has 5 heteroatoms. The average Bonchev–Trinajstić information content (AvgIpc) is 2.64. The van der Waals surface area contributed by atoms with Gasteiger partial charge in [0.25, 0.3) is 0 Å². The molecule has 2 aromatic heterocycles. The molecule has 0 spiro atoms. The average molecular weight is 299 g/mol. The minimum absolute atomic E-state index is 0.524. The van der Waals surface area contributed by atoms with Gasteiger partial charge in [-0.25, -0.2) is 9.97 Å². The Labute approximate surface area is 106 Å². The molecular weight excluding hydrogens is 288 g/mol. The number of hydrogen-bond acceptors (Lipinski definition) is 4. The molecule has 1 N–H and O–H groups in total. The quantitative estimate of drug-likeness (QED) is 0.925. The van der Waals surface area contributed by atoms with Crippen LogP contribution in [0.25, 0.3) is 10.7 Å². The van der Waals surface area contributed by atoms with Crippen molar-refractivity contribution in [2.45, 2.75) is 20.0 Å². The highest BCUT2D eigenvalue weighted by Gasteiger charge is 2.10. The van der Waals surface area contributed by atoms with Crippen molar-refractivity contribution in [3.05, 3.63) is 33.4 Å². The maximum Gasteiger partial charge on any atom is 0.169 e. The summed E-state index contributed by atoms with van der Waals surface area (Å²) < 4.78 is 1.04. The Hall–Kier alpha value is -0.780. The second-order valence-electron chi connectivity index (χ2n) is 3.54. The zero-order valence-electron chi connectivity index (χ0n) is 8.94. The molecule has 2 rings (SSSR count). The van der Waals surface area contributed by atoms with Crippen molar-refractivity contribution >= 4 is 27.3 Å². The molecule has 0 fully saturated rings. The van der Waals surface area contributed by atoms with Crippen LogP contribution in [0.4, 0.5) is 0 Å². The van der Waals surface area contributed by atoms with E-state index in [2.05, 4.69) is 25.9 Å². The van der Waals surface area contributed by atoms with Crippen LogP contribution in [0, 0.1) is 6.92 Å².